The van der Waals surface area contributed by atoms with E-state index in [1.54, 1.807) is 40.9 Å². The molecule has 3 N–H and O–H groups in total. The summed E-state index contributed by atoms with van der Waals surface area (Å²) in [7, 11) is 0. The number of amides is 3. The Hall–Kier alpha value is -2.55. The first-order valence-corrected chi connectivity index (χ1v) is 15.0. The Morgan fingerprint density at radius 2 is 1.85 bits per heavy atom. The van der Waals surface area contributed by atoms with Crippen molar-refractivity contribution in [3.8, 4) is 0 Å². The lowest BCUT2D eigenvalue weighted by atomic mass is 9.66. The van der Waals surface area contributed by atoms with Crippen molar-refractivity contribution in [2.24, 2.45) is 23.7 Å². The van der Waals surface area contributed by atoms with Gasteiger partial charge in [-0.2, -0.15) is 0 Å². The molecule has 3 aliphatic heterocycles. The highest BCUT2D eigenvalue weighted by Gasteiger charge is 2.76. The number of carbonyl (C=O) groups is 3. The van der Waals surface area contributed by atoms with Gasteiger partial charge in [0.05, 0.1) is 39.9 Å². The number of para-hydroxylation sites is 1. The Bertz CT molecular complexity index is 1250. The van der Waals surface area contributed by atoms with Gasteiger partial charge in [-0.25, -0.2) is 0 Å². The quantitative estimate of drug-likeness (QED) is 0.417. The number of aliphatic hydroxyl groups excluding tert-OH is 1. The van der Waals surface area contributed by atoms with Gasteiger partial charge in [-0.3, -0.25) is 14.4 Å². The number of nitrogens with zero attached hydrogens (tertiary/aromatic N) is 1. The molecular formula is C30H36ClN3O4S. The molecule has 9 heteroatoms. The molecule has 5 rings (SSSR count). The molecule has 208 valence electrons. The number of thioether (sulfide) groups is 1. The first kappa shape index (κ1) is 28.0. The average Bonchev–Trinajstić information content (AvgIpc) is 3.53. The van der Waals surface area contributed by atoms with Gasteiger partial charge in [0, 0.05) is 11.8 Å². The third kappa shape index (κ3) is 4.64. The summed E-state index contributed by atoms with van der Waals surface area (Å²) < 4.78 is -0.775. The van der Waals surface area contributed by atoms with Crippen molar-refractivity contribution in [1.29, 1.82) is 0 Å². The predicted octanol–water partition coefficient (Wildman–Crippen LogP) is 4.34. The molecule has 0 aliphatic carbocycles. The van der Waals surface area contributed by atoms with Crippen molar-refractivity contribution in [2.75, 3.05) is 11.9 Å². The van der Waals surface area contributed by atoms with Gasteiger partial charge in [0.15, 0.2) is 0 Å². The minimum Gasteiger partial charge on any atom is -0.394 e. The van der Waals surface area contributed by atoms with Crippen molar-refractivity contribution in [2.45, 2.75) is 62.2 Å². The van der Waals surface area contributed by atoms with Crippen LogP contribution in [-0.2, 0) is 20.9 Å². The number of hydrogen-bond acceptors (Lipinski definition) is 5. The van der Waals surface area contributed by atoms with E-state index in [4.69, 9.17) is 11.6 Å². The fourth-order valence-electron chi connectivity index (χ4n) is 6.90. The molecule has 3 fully saturated rings. The number of aliphatic hydroxyl groups is 1. The van der Waals surface area contributed by atoms with E-state index in [0.717, 1.165) is 18.4 Å². The minimum atomic E-state index is -0.839. The number of hydrogen-bond donors (Lipinski definition) is 3. The Morgan fingerprint density at radius 1 is 1.15 bits per heavy atom. The topological polar surface area (TPSA) is 98.7 Å². The van der Waals surface area contributed by atoms with Gasteiger partial charge >= 0.3 is 0 Å². The molecule has 39 heavy (non-hydrogen) atoms. The number of anilines is 1. The van der Waals surface area contributed by atoms with Crippen LogP contribution < -0.4 is 10.6 Å². The largest absolute Gasteiger partial charge is 0.394 e. The Labute approximate surface area is 239 Å². The molecule has 0 radical (unpaired) electrons. The lowest BCUT2D eigenvalue weighted by Crippen LogP contribution is -2.58. The van der Waals surface area contributed by atoms with Crippen molar-refractivity contribution >= 4 is 46.8 Å². The van der Waals surface area contributed by atoms with E-state index in [1.807, 2.05) is 44.2 Å². The molecule has 2 aromatic rings. The molecule has 3 amide bonds. The molecule has 7 nitrogen and oxygen atoms in total. The highest BCUT2D eigenvalue weighted by molar-refractivity contribution is 8.02. The van der Waals surface area contributed by atoms with Gasteiger partial charge in [-0.15, -0.1) is 11.8 Å². The minimum absolute atomic E-state index is 0.0305. The molecule has 0 aromatic heterocycles. The molecule has 2 aromatic carbocycles. The number of rotatable bonds is 9. The summed E-state index contributed by atoms with van der Waals surface area (Å²) in [5.74, 6) is -1.89. The fraction of sp³-hybridized carbons (Fsp3) is 0.500. The van der Waals surface area contributed by atoms with E-state index in [9.17, 15) is 19.5 Å². The van der Waals surface area contributed by atoms with Gasteiger partial charge < -0.3 is 20.6 Å². The summed E-state index contributed by atoms with van der Waals surface area (Å²) in [6, 6.07) is 15.3. The fourth-order valence-corrected chi connectivity index (χ4v) is 9.49. The maximum absolute atomic E-state index is 14.4. The smallest absolute Gasteiger partial charge is 0.248 e. The van der Waals surface area contributed by atoms with Gasteiger partial charge in [0.2, 0.25) is 17.7 Å². The zero-order valence-corrected chi connectivity index (χ0v) is 24.0. The Balaban J connectivity index is 1.52. The van der Waals surface area contributed by atoms with Crippen molar-refractivity contribution in [3.63, 3.8) is 0 Å². The summed E-state index contributed by atoms with van der Waals surface area (Å²) in [6.07, 6.45) is 1.48. The van der Waals surface area contributed by atoms with Crippen molar-refractivity contribution < 1.29 is 19.5 Å². The van der Waals surface area contributed by atoms with Crippen LogP contribution in [0.3, 0.4) is 0 Å². The second-order valence-corrected chi connectivity index (χ2v) is 13.1. The second kappa shape index (κ2) is 11.1. The number of nitrogens with one attached hydrogen (secondary N) is 2. The lowest BCUT2D eigenvalue weighted by Gasteiger charge is -2.41. The molecule has 3 saturated heterocycles. The highest BCUT2D eigenvalue weighted by Crippen LogP contribution is 2.69. The molecule has 0 saturated carbocycles. The molecular weight excluding hydrogens is 534 g/mol. The summed E-state index contributed by atoms with van der Waals surface area (Å²) in [5.41, 5.74) is 1.46. The molecule has 2 bridgehead atoms. The molecule has 3 aliphatic rings. The monoisotopic (exact) mass is 569 g/mol. The summed E-state index contributed by atoms with van der Waals surface area (Å²) >= 11 is 8.00. The van der Waals surface area contributed by atoms with Crippen LogP contribution in [0.5, 0.6) is 0 Å². The average molecular weight is 570 g/mol. The zero-order valence-electron chi connectivity index (χ0n) is 22.5. The van der Waals surface area contributed by atoms with Crippen LogP contribution in [0.15, 0.2) is 54.6 Å². The third-order valence-electron chi connectivity index (χ3n) is 9.02. The second-order valence-electron chi connectivity index (χ2n) is 11.1. The predicted molar refractivity (Wildman–Crippen MR) is 154 cm³/mol. The van der Waals surface area contributed by atoms with Crippen molar-refractivity contribution in [1.82, 2.24) is 10.2 Å². The molecule has 1 spiro atoms. The summed E-state index contributed by atoms with van der Waals surface area (Å²) in [4.78, 5) is 43.8. The number of carbonyl (C=O) groups excluding carboxylic acids is 3. The maximum Gasteiger partial charge on any atom is 0.248 e. The van der Waals surface area contributed by atoms with E-state index < -0.39 is 28.7 Å². The van der Waals surface area contributed by atoms with Crippen LogP contribution >= 0.6 is 23.4 Å². The van der Waals surface area contributed by atoms with Gasteiger partial charge in [-0.1, -0.05) is 81.3 Å². The van der Waals surface area contributed by atoms with Gasteiger partial charge in [-0.05, 0) is 36.0 Å². The highest BCUT2D eigenvalue weighted by atomic mass is 35.5. The van der Waals surface area contributed by atoms with Crippen LogP contribution in [0.25, 0.3) is 0 Å². The standard InChI is InChI=1S/C30H36ClN3O4S/c1-4-17(2)22(16-35)34-26(28(37)33-21-13-9-8-12-20(21)31)30-18(3)14-23(39-30)24(25(30)29(34)38)27(36)32-15-19-10-6-5-7-11-19/h5-13,17-18,22-26,35H,4,14-16H2,1-3H3,(H,32,36)(H,33,37)/t17-,18?,22-,23+,24-,25-,26?,30?/m0/s1. The van der Waals surface area contributed by atoms with Gasteiger partial charge in [0.1, 0.15) is 6.04 Å². The first-order chi connectivity index (χ1) is 18.7. The SMILES string of the molecule is CC[C@H](C)[C@H](CO)N1C(=O)[C@@H]2[C@@H](C(=O)NCc3ccccc3)[C@H]3CC(C)C2(S3)C1C(=O)Nc1ccccc1Cl. The number of halogens is 1. The Morgan fingerprint density at radius 3 is 2.51 bits per heavy atom. The number of likely N-dealkylation sites (tertiary alicyclic amines) is 1. The first-order valence-electron chi connectivity index (χ1n) is 13.7. The summed E-state index contributed by atoms with van der Waals surface area (Å²) in [6.45, 7) is 6.20. The van der Waals surface area contributed by atoms with E-state index >= 15 is 0 Å². The Kier molecular flexibility index (Phi) is 8.00. The lowest BCUT2D eigenvalue weighted by molar-refractivity contribution is -0.143. The molecule has 3 unspecified atom stereocenters. The molecule has 8 atom stereocenters. The van der Waals surface area contributed by atoms with E-state index in [2.05, 4.69) is 17.6 Å². The van der Waals surface area contributed by atoms with Crippen LogP contribution in [-0.4, -0.2) is 56.4 Å². The van der Waals surface area contributed by atoms with E-state index in [1.165, 1.54) is 0 Å². The van der Waals surface area contributed by atoms with Crippen molar-refractivity contribution in [3.05, 3.63) is 65.2 Å². The van der Waals surface area contributed by atoms with Crippen LogP contribution in [0.1, 0.15) is 39.2 Å². The zero-order chi connectivity index (χ0) is 27.9. The van der Waals surface area contributed by atoms with Crippen LogP contribution in [0.4, 0.5) is 5.69 Å². The van der Waals surface area contributed by atoms with E-state index in [0.29, 0.717) is 17.3 Å². The van der Waals surface area contributed by atoms with Crippen LogP contribution in [0.2, 0.25) is 5.02 Å². The van der Waals surface area contributed by atoms with Crippen LogP contribution in [0, 0.1) is 23.7 Å². The van der Waals surface area contributed by atoms with E-state index in [-0.39, 0.29) is 41.4 Å². The maximum atomic E-state index is 14.4. The normalized spacial score (nSPS) is 30.6. The molecule has 3 heterocycles. The number of fused-ring (bicyclic) bond motifs is 1. The summed E-state index contributed by atoms with van der Waals surface area (Å²) in [5, 5.41) is 16.9. The number of benzene rings is 2. The third-order valence-corrected chi connectivity index (χ3v) is 11.4. The van der Waals surface area contributed by atoms with Gasteiger partial charge in [0.25, 0.3) is 0 Å².